The first-order chi connectivity index (χ1) is 8.93. The molecular formula is C10H10FN3O5. The fourth-order valence-electron chi connectivity index (χ4n) is 1.86. The zero-order chi connectivity index (χ0) is 14.2. The average molecular weight is 271 g/mol. The summed E-state index contributed by atoms with van der Waals surface area (Å²) in [7, 11) is 0. The van der Waals surface area contributed by atoms with Crippen molar-refractivity contribution in [2.75, 3.05) is 6.61 Å². The number of aliphatic hydroxyl groups excluding tert-OH is 2. The first kappa shape index (κ1) is 13.4. The standard InChI is InChI=1S/C10H10FN3O5/c1-12-10(4-15)6(16)2-7(19-10)14-3-5(11)8(17)13-9(14)18/h3,6-7,15-16H,2,4H2,(H,13,17,18)/t6-,7+,10+/m0/s1. The van der Waals surface area contributed by atoms with Crippen LogP contribution in [-0.2, 0) is 4.74 Å². The lowest BCUT2D eigenvalue weighted by molar-refractivity contribution is -0.0994. The van der Waals surface area contributed by atoms with Crippen LogP contribution in [0.25, 0.3) is 4.85 Å². The van der Waals surface area contributed by atoms with Crippen LogP contribution in [0.3, 0.4) is 0 Å². The lowest BCUT2D eigenvalue weighted by Gasteiger charge is -2.17. The Morgan fingerprint density at radius 3 is 2.89 bits per heavy atom. The number of ether oxygens (including phenoxy) is 1. The summed E-state index contributed by atoms with van der Waals surface area (Å²) in [6, 6.07) is 0. The van der Waals surface area contributed by atoms with Gasteiger partial charge < -0.3 is 10.2 Å². The molecule has 102 valence electrons. The first-order valence-electron chi connectivity index (χ1n) is 5.30. The zero-order valence-corrected chi connectivity index (χ0v) is 9.54. The third-order valence-corrected chi connectivity index (χ3v) is 2.94. The van der Waals surface area contributed by atoms with Gasteiger partial charge in [0.25, 0.3) is 5.56 Å². The van der Waals surface area contributed by atoms with Crippen LogP contribution in [-0.4, -0.2) is 38.2 Å². The SMILES string of the molecule is [C-]#[N+][C@]1(CO)O[C@@H](n2cc(F)c(=O)[nH]c2=O)C[C@@H]1O. The fourth-order valence-corrected chi connectivity index (χ4v) is 1.86. The molecule has 0 bridgehead atoms. The van der Waals surface area contributed by atoms with E-state index in [9.17, 15) is 19.1 Å². The highest BCUT2D eigenvalue weighted by Crippen LogP contribution is 2.36. The molecule has 0 spiro atoms. The third kappa shape index (κ3) is 2.06. The predicted octanol–water partition coefficient (Wildman–Crippen LogP) is -1.44. The molecule has 1 aromatic rings. The Labute approximate surface area is 105 Å². The summed E-state index contributed by atoms with van der Waals surface area (Å²) in [5.74, 6) is -1.19. The van der Waals surface area contributed by atoms with Crippen LogP contribution in [0.5, 0.6) is 0 Å². The molecular weight excluding hydrogens is 261 g/mol. The molecule has 1 saturated heterocycles. The van der Waals surface area contributed by atoms with E-state index in [1.54, 1.807) is 4.98 Å². The molecule has 8 nitrogen and oxygen atoms in total. The highest BCUT2D eigenvalue weighted by atomic mass is 19.1. The number of aromatic amines is 1. The van der Waals surface area contributed by atoms with E-state index in [4.69, 9.17) is 16.4 Å². The molecule has 0 radical (unpaired) electrons. The lowest BCUT2D eigenvalue weighted by Crippen LogP contribution is -2.40. The Balaban J connectivity index is 2.42. The molecule has 0 unspecified atom stereocenters. The van der Waals surface area contributed by atoms with Gasteiger partial charge in [0.15, 0.2) is 12.7 Å². The van der Waals surface area contributed by atoms with Gasteiger partial charge in [-0.1, -0.05) is 0 Å². The topological polar surface area (TPSA) is 109 Å². The highest BCUT2D eigenvalue weighted by molar-refractivity contribution is 5.02. The largest absolute Gasteiger partial charge is 0.387 e. The van der Waals surface area contributed by atoms with Crippen molar-refractivity contribution in [2.24, 2.45) is 0 Å². The van der Waals surface area contributed by atoms with Crippen LogP contribution >= 0.6 is 0 Å². The maximum absolute atomic E-state index is 13.1. The molecule has 3 atom stereocenters. The summed E-state index contributed by atoms with van der Waals surface area (Å²) in [5, 5.41) is 18.8. The van der Waals surface area contributed by atoms with E-state index in [1.165, 1.54) is 0 Å². The minimum Gasteiger partial charge on any atom is -0.385 e. The molecule has 2 heterocycles. The summed E-state index contributed by atoms with van der Waals surface area (Å²) in [6.45, 7) is 6.15. The van der Waals surface area contributed by atoms with Gasteiger partial charge in [-0.25, -0.2) is 11.4 Å². The van der Waals surface area contributed by atoms with E-state index in [0.717, 1.165) is 4.57 Å². The van der Waals surface area contributed by atoms with Crippen LogP contribution in [0, 0.1) is 12.4 Å². The normalized spacial score (nSPS) is 30.2. The maximum atomic E-state index is 13.1. The Kier molecular flexibility index (Phi) is 3.23. The minimum absolute atomic E-state index is 0.186. The molecule has 0 aromatic carbocycles. The summed E-state index contributed by atoms with van der Waals surface area (Å²) < 4.78 is 19.0. The Morgan fingerprint density at radius 1 is 1.68 bits per heavy atom. The highest BCUT2D eigenvalue weighted by Gasteiger charge is 2.55. The van der Waals surface area contributed by atoms with Gasteiger partial charge in [0.05, 0.1) is 6.20 Å². The van der Waals surface area contributed by atoms with Crippen LogP contribution in [0.4, 0.5) is 4.39 Å². The van der Waals surface area contributed by atoms with E-state index in [-0.39, 0.29) is 6.42 Å². The number of nitrogens with zero attached hydrogens (tertiary/aromatic N) is 2. The molecule has 0 amide bonds. The maximum Gasteiger partial charge on any atom is 0.387 e. The van der Waals surface area contributed by atoms with Gasteiger partial charge in [0, 0.05) is 6.42 Å². The van der Waals surface area contributed by atoms with Crippen molar-refractivity contribution in [2.45, 2.75) is 24.5 Å². The van der Waals surface area contributed by atoms with Gasteiger partial charge in [0.2, 0.25) is 5.82 Å². The van der Waals surface area contributed by atoms with Gasteiger partial charge >= 0.3 is 11.4 Å². The molecule has 1 fully saturated rings. The molecule has 3 N–H and O–H groups in total. The molecule has 1 aliphatic heterocycles. The number of hydrogen-bond donors (Lipinski definition) is 3. The monoisotopic (exact) mass is 271 g/mol. The second kappa shape index (κ2) is 4.58. The van der Waals surface area contributed by atoms with Crippen molar-refractivity contribution in [1.29, 1.82) is 0 Å². The van der Waals surface area contributed by atoms with Crippen molar-refractivity contribution < 1.29 is 19.3 Å². The fraction of sp³-hybridized carbons (Fsp3) is 0.500. The summed E-state index contributed by atoms with van der Waals surface area (Å²) >= 11 is 0. The molecule has 0 saturated carbocycles. The molecule has 1 aliphatic rings. The Morgan fingerprint density at radius 2 is 2.37 bits per heavy atom. The lowest BCUT2D eigenvalue weighted by atomic mass is 10.1. The molecule has 19 heavy (non-hydrogen) atoms. The van der Waals surface area contributed by atoms with E-state index in [1.807, 2.05) is 0 Å². The molecule has 2 rings (SSSR count). The third-order valence-electron chi connectivity index (χ3n) is 2.94. The van der Waals surface area contributed by atoms with Gasteiger partial charge in [-0.05, 0) is 0 Å². The smallest absolute Gasteiger partial charge is 0.385 e. The Hall–Kier alpha value is -2.02. The van der Waals surface area contributed by atoms with Gasteiger partial charge in [-0.2, -0.15) is 4.39 Å². The summed E-state index contributed by atoms with van der Waals surface area (Å²) in [5.41, 5.74) is -3.97. The number of nitrogens with one attached hydrogen (secondary N) is 1. The molecule has 1 aromatic heterocycles. The second-order valence-corrected chi connectivity index (χ2v) is 4.08. The van der Waals surface area contributed by atoms with Gasteiger partial charge in [0.1, 0.15) is 6.23 Å². The average Bonchev–Trinajstić information content (AvgIpc) is 2.71. The quantitative estimate of drug-likeness (QED) is 0.571. The summed E-state index contributed by atoms with van der Waals surface area (Å²) in [4.78, 5) is 27.1. The summed E-state index contributed by atoms with van der Waals surface area (Å²) in [6.07, 6.45) is -2.03. The zero-order valence-electron chi connectivity index (χ0n) is 9.54. The van der Waals surface area contributed by atoms with E-state index in [0.29, 0.717) is 6.20 Å². The van der Waals surface area contributed by atoms with Crippen molar-refractivity contribution in [3.05, 3.63) is 44.3 Å². The predicted molar refractivity (Wildman–Crippen MR) is 58.4 cm³/mol. The van der Waals surface area contributed by atoms with Gasteiger partial charge in [-0.3, -0.25) is 23.9 Å². The van der Waals surface area contributed by atoms with Crippen molar-refractivity contribution in [1.82, 2.24) is 9.55 Å². The number of rotatable bonds is 2. The second-order valence-electron chi connectivity index (χ2n) is 4.08. The van der Waals surface area contributed by atoms with Crippen molar-refractivity contribution >= 4 is 0 Å². The van der Waals surface area contributed by atoms with Gasteiger partial charge in [-0.15, -0.1) is 0 Å². The van der Waals surface area contributed by atoms with Crippen LogP contribution in [0.15, 0.2) is 15.8 Å². The molecule has 0 aliphatic carbocycles. The van der Waals surface area contributed by atoms with E-state index < -0.39 is 41.7 Å². The minimum atomic E-state index is -1.88. The molecule has 9 heteroatoms. The number of H-pyrrole nitrogens is 1. The van der Waals surface area contributed by atoms with Crippen LogP contribution in [0.2, 0.25) is 0 Å². The van der Waals surface area contributed by atoms with Crippen LogP contribution in [0.1, 0.15) is 12.6 Å². The number of halogens is 1. The van der Waals surface area contributed by atoms with Crippen molar-refractivity contribution in [3.8, 4) is 0 Å². The number of hydrogen-bond acceptors (Lipinski definition) is 5. The van der Waals surface area contributed by atoms with Crippen LogP contribution < -0.4 is 11.2 Å². The number of aliphatic hydroxyl groups is 2. The number of aromatic nitrogens is 2. The van der Waals surface area contributed by atoms with E-state index >= 15 is 0 Å². The van der Waals surface area contributed by atoms with E-state index in [2.05, 4.69) is 4.85 Å². The Bertz CT molecular complexity index is 648. The first-order valence-corrected chi connectivity index (χ1v) is 5.30. The van der Waals surface area contributed by atoms with Crippen molar-refractivity contribution in [3.63, 3.8) is 0 Å².